The fraction of sp³-hybridized carbons (Fsp3) is 0.714. The average molecular weight is 423 g/mol. The molecule has 2 fully saturated rings. The second kappa shape index (κ2) is 10.8. The van der Waals surface area contributed by atoms with Gasteiger partial charge in [-0.2, -0.15) is 0 Å². The molecule has 0 aliphatic heterocycles. The Morgan fingerprint density at radius 1 is 0.862 bits per heavy atom. The summed E-state index contributed by atoms with van der Waals surface area (Å²) in [6, 6.07) is 1.30. The van der Waals surface area contributed by atoms with Crippen LogP contribution in [0.2, 0.25) is 0 Å². The Kier molecular flexibility index (Phi) is 8.15. The highest BCUT2D eigenvalue weighted by molar-refractivity contribution is 7.90. The lowest BCUT2D eigenvalue weighted by atomic mass is 9.97. The second-order valence-electron chi connectivity index (χ2n) is 8.33. The molecule has 2 aliphatic carbocycles. The number of nitrogens with zero attached hydrogens (tertiary/aromatic N) is 1. The molecule has 1 aromatic rings. The van der Waals surface area contributed by atoms with E-state index in [0.717, 1.165) is 51.4 Å². The first-order chi connectivity index (χ1) is 14.0. The molecule has 0 spiro atoms. The fourth-order valence-corrected chi connectivity index (χ4v) is 5.38. The van der Waals surface area contributed by atoms with Gasteiger partial charge in [-0.3, -0.25) is 4.98 Å². The van der Waals surface area contributed by atoms with Crippen LogP contribution in [0, 0.1) is 0 Å². The molecule has 8 heteroatoms. The monoisotopic (exact) mass is 422 g/mol. The van der Waals surface area contributed by atoms with Gasteiger partial charge in [0.15, 0.2) is 0 Å². The summed E-state index contributed by atoms with van der Waals surface area (Å²) in [6.07, 6.45) is 17.2. The van der Waals surface area contributed by atoms with Crippen molar-refractivity contribution >= 4 is 21.7 Å². The molecule has 0 saturated heterocycles. The molecule has 2 amide bonds. The topological polar surface area (TPSA) is 100 Å². The Labute approximate surface area is 174 Å². The van der Waals surface area contributed by atoms with Crippen molar-refractivity contribution in [2.24, 2.45) is 0 Å². The zero-order valence-electron chi connectivity index (χ0n) is 17.2. The van der Waals surface area contributed by atoms with Gasteiger partial charge in [-0.25, -0.2) is 17.9 Å². The summed E-state index contributed by atoms with van der Waals surface area (Å²) in [4.78, 5) is 16.4. The number of urea groups is 1. The molecule has 3 N–H and O–H groups in total. The third kappa shape index (κ3) is 6.87. The number of carbonyl (C=O) groups is 1. The molecule has 7 nitrogen and oxygen atoms in total. The zero-order valence-corrected chi connectivity index (χ0v) is 18.0. The first-order valence-corrected chi connectivity index (χ1v) is 12.6. The van der Waals surface area contributed by atoms with Crippen LogP contribution < -0.4 is 15.4 Å². The highest BCUT2D eigenvalue weighted by atomic mass is 32.2. The zero-order chi connectivity index (χ0) is 20.5. The van der Waals surface area contributed by atoms with Crippen LogP contribution in [0.5, 0.6) is 0 Å². The van der Waals surface area contributed by atoms with Crippen LogP contribution in [0.25, 0.3) is 0 Å². The summed E-state index contributed by atoms with van der Waals surface area (Å²) in [5.74, 6) is 0. The molecule has 0 radical (unpaired) electrons. The van der Waals surface area contributed by atoms with Crippen LogP contribution in [0.1, 0.15) is 83.5 Å². The molecule has 0 aromatic carbocycles. The third-order valence-corrected chi connectivity index (χ3v) is 7.31. The van der Waals surface area contributed by atoms with Crippen molar-refractivity contribution in [2.75, 3.05) is 5.32 Å². The Morgan fingerprint density at radius 2 is 1.41 bits per heavy atom. The molecule has 2 aliphatic rings. The number of anilines is 1. The standard InChI is InChI=1S/C21H34N4O3S/c26-21(24-18-12-6-2-1-3-7-13-18)25-29(27,28)20-16-22-15-14-19(20)23-17-10-8-4-5-9-11-17/h14-18H,1-13H2,(H,22,23)(H2,24,25,26). The minimum atomic E-state index is -4.00. The van der Waals surface area contributed by atoms with Crippen LogP contribution in [0.4, 0.5) is 10.5 Å². The summed E-state index contributed by atoms with van der Waals surface area (Å²) in [5.41, 5.74) is 0.512. The molecule has 0 bridgehead atoms. The average Bonchev–Trinajstić information content (AvgIpc) is 2.92. The van der Waals surface area contributed by atoms with Crippen LogP contribution in [-0.2, 0) is 10.0 Å². The van der Waals surface area contributed by atoms with Gasteiger partial charge in [-0.05, 0) is 31.7 Å². The van der Waals surface area contributed by atoms with E-state index in [2.05, 4.69) is 20.3 Å². The van der Waals surface area contributed by atoms with E-state index in [1.165, 1.54) is 38.3 Å². The summed E-state index contributed by atoms with van der Waals surface area (Å²) < 4.78 is 28.0. The lowest BCUT2D eigenvalue weighted by molar-refractivity contribution is 0.239. The van der Waals surface area contributed by atoms with Gasteiger partial charge in [-0.1, -0.05) is 57.8 Å². The highest BCUT2D eigenvalue weighted by Crippen LogP contribution is 2.25. The fourth-order valence-electron chi connectivity index (χ4n) is 4.35. The van der Waals surface area contributed by atoms with Gasteiger partial charge in [0.1, 0.15) is 4.90 Å². The summed E-state index contributed by atoms with van der Waals surface area (Å²) in [5, 5.41) is 6.23. The van der Waals surface area contributed by atoms with Crippen LogP contribution in [-0.4, -0.2) is 31.5 Å². The number of rotatable bonds is 5. The normalized spacial score (nSPS) is 20.1. The van der Waals surface area contributed by atoms with Crippen molar-refractivity contribution in [3.63, 3.8) is 0 Å². The Morgan fingerprint density at radius 3 is 2.03 bits per heavy atom. The summed E-state index contributed by atoms with van der Waals surface area (Å²) >= 11 is 0. The molecule has 1 heterocycles. The van der Waals surface area contributed by atoms with Gasteiger partial charge >= 0.3 is 6.03 Å². The highest BCUT2D eigenvalue weighted by Gasteiger charge is 2.24. The number of pyridine rings is 1. The maximum atomic E-state index is 12.9. The van der Waals surface area contributed by atoms with Gasteiger partial charge in [0.25, 0.3) is 10.0 Å². The van der Waals surface area contributed by atoms with Crippen LogP contribution in [0.3, 0.4) is 0 Å². The molecule has 29 heavy (non-hydrogen) atoms. The maximum Gasteiger partial charge on any atom is 0.328 e. The number of carbonyl (C=O) groups excluding carboxylic acids is 1. The quantitative estimate of drug-likeness (QED) is 0.614. The smallest absolute Gasteiger partial charge is 0.328 e. The van der Waals surface area contributed by atoms with E-state index in [0.29, 0.717) is 5.69 Å². The van der Waals surface area contributed by atoms with E-state index < -0.39 is 16.1 Å². The van der Waals surface area contributed by atoms with E-state index in [1.54, 1.807) is 12.3 Å². The van der Waals surface area contributed by atoms with Crippen molar-refractivity contribution in [3.05, 3.63) is 18.5 Å². The molecule has 3 rings (SSSR count). The summed E-state index contributed by atoms with van der Waals surface area (Å²) in [6.45, 7) is 0. The van der Waals surface area contributed by atoms with E-state index in [9.17, 15) is 13.2 Å². The Balaban J connectivity index is 1.64. The maximum absolute atomic E-state index is 12.9. The van der Waals surface area contributed by atoms with E-state index in [1.807, 2.05) is 0 Å². The van der Waals surface area contributed by atoms with Crippen molar-refractivity contribution in [2.45, 2.75) is 100 Å². The van der Waals surface area contributed by atoms with Crippen LogP contribution >= 0.6 is 0 Å². The molecule has 162 valence electrons. The van der Waals surface area contributed by atoms with Gasteiger partial charge in [0.2, 0.25) is 0 Å². The molecule has 1 aromatic heterocycles. The molecular formula is C21H34N4O3S. The molecule has 2 saturated carbocycles. The Bertz CT molecular complexity index is 753. The largest absolute Gasteiger partial charge is 0.381 e. The van der Waals surface area contributed by atoms with Gasteiger partial charge in [0.05, 0.1) is 5.69 Å². The lowest BCUT2D eigenvalue weighted by Crippen LogP contribution is -2.44. The van der Waals surface area contributed by atoms with Gasteiger partial charge in [-0.15, -0.1) is 0 Å². The predicted molar refractivity (Wildman–Crippen MR) is 114 cm³/mol. The first kappa shape index (κ1) is 21.9. The number of aromatic nitrogens is 1. The SMILES string of the molecule is O=C(NC1CCCCCCC1)NS(=O)(=O)c1cnccc1NC1CCCCCC1. The van der Waals surface area contributed by atoms with Gasteiger partial charge in [0, 0.05) is 24.5 Å². The van der Waals surface area contributed by atoms with E-state index in [4.69, 9.17) is 0 Å². The number of hydrogen-bond acceptors (Lipinski definition) is 5. The first-order valence-electron chi connectivity index (χ1n) is 11.1. The molecule has 0 unspecified atom stereocenters. The van der Waals surface area contributed by atoms with Crippen molar-refractivity contribution in [1.29, 1.82) is 0 Å². The van der Waals surface area contributed by atoms with Crippen molar-refractivity contribution in [3.8, 4) is 0 Å². The Hall–Kier alpha value is -1.83. The van der Waals surface area contributed by atoms with Crippen molar-refractivity contribution in [1.82, 2.24) is 15.0 Å². The predicted octanol–water partition coefficient (Wildman–Crippen LogP) is 4.32. The van der Waals surface area contributed by atoms with Crippen LogP contribution in [0.15, 0.2) is 23.4 Å². The number of nitrogens with one attached hydrogen (secondary N) is 3. The summed E-state index contributed by atoms with van der Waals surface area (Å²) in [7, 11) is -4.00. The number of hydrogen-bond donors (Lipinski definition) is 3. The minimum absolute atomic E-state index is 0.0251. The van der Waals surface area contributed by atoms with E-state index in [-0.39, 0.29) is 17.0 Å². The molecular weight excluding hydrogens is 388 g/mol. The second-order valence-corrected chi connectivity index (χ2v) is 9.98. The van der Waals surface area contributed by atoms with Crippen molar-refractivity contribution < 1.29 is 13.2 Å². The van der Waals surface area contributed by atoms with Gasteiger partial charge < -0.3 is 10.6 Å². The van der Waals surface area contributed by atoms with E-state index >= 15 is 0 Å². The lowest BCUT2D eigenvalue weighted by Gasteiger charge is -2.22. The minimum Gasteiger partial charge on any atom is -0.381 e. The number of amides is 2. The number of sulfonamides is 1. The third-order valence-electron chi connectivity index (χ3n) is 5.96. The molecule has 0 atom stereocenters.